The summed E-state index contributed by atoms with van der Waals surface area (Å²) in [6.07, 6.45) is 0. The van der Waals surface area contributed by atoms with Crippen LogP contribution in [0.5, 0.6) is 0 Å². The van der Waals surface area contributed by atoms with Crippen LogP contribution in [-0.2, 0) is 4.28 Å². The second-order valence-electron chi connectivity index (χ2n) is 2.12. The molecular weight excluding hydrogens is 200 g/mol. The van der Waals surface area contributed by atoms with Crippen molar-refractivity contribution in [1.82, 2.24) is 5.48 Å². The van der Waals surface area contributed by atoms with Gasteiger partial charge >= 0.3 is 0 Å². The van der Waals surface area contributed by atoms with Gasteiger partial charge in [0.05, 0.1) is 5.56 Å². The Balaban J connectivity index is 3.01. The Morgan fingerprint density at radius 3 is 2.77 bits per heavy atom. The maximum Gasteiger partial charge on any atom is 0.278 e. The average molecular weight is 205 g/mol. The Hall–Kier alpha value is -1.14. The Morgan fingerprint density at radius 1 is 1.46 bits per heavy atom. The smallest absolute Gasteiger partial charge is 0.267 e. The Labute approximate surface area is 78.3 Å². The lowest BCUT2D eigenvalue weighted by Gasteiger charge is -2.02. The molecule has 0 atom stereocenters. The third kappa shape index (κ3) is 2.16. The summed E-state index contributed by atoms with van der Waals surface area (Å²) < 4.78 is 29.4. The van der Waals surface area contributed by atoms with Crippen LogP contribution in [0.1, 0.15) is 10.4 Å². The molecule has 0 aliphatic carbocycles. The highest BCUT2D eigenvalue weighted by atomic mass is 32.1. The van der Waals surface area contributed by atoms with Crippen LogP contribution in [0.25, 0.3) is 0 Å². The molecule has 0 aliphatic heterocycles. The summed E-state index contributed by atoms with van der Waals surface area (Å²) in [6, 6.07) is 3.25. The summed E-state index contributed by atoms with van der Waals surface area (Å²) in [5, 5.41) is 0. The molecule has 0 heterocycles. The number of amides is 1. The van der Waals surface area contributed by atoms with Crippen molar-refractivity contribution in [3.05, 3.63) is 35.4 Å². The molecule has 0 radical (unpaired) electrons. The fourth-order valence-electron chi connectivity index (χ4n) is 0.776. The van der Waals surface area contributed by atoms with Crippen LogP contribution in [0.4, 0.5) is 8.78 Å². The number of hydrogen-bond donors (Lipinski definition) is 2. The number of rotatable bonds is 2. The van der Waals surface area contributed by atoms with Crippen LogP contribution in [-0.4, -0.2) is 5.91 Å². The number of hydroxylamine groups is 1. The van der Waals surface area contributed by atoms with Gasteiger partial charge in [-0.05, 0) is 12.1 Å². The van der Waals surface area contributed by atoms with Gasteiger partial charge < -0.3 is 0 Å². The van der Waals surface area contributed by atoms with Gasteiger partial charge in [-0.25, -0.2) is 18.5 Å². The van der Waals surface area contributed by atoms with Gasteiger partial charge in [-0.2, -0.15) is 0 Å². The molecule has 6 heteroatoms. The van der Waals surface area contributed by atoms with Gasteiger partial charge in [-0.15, -0.1) is 0 Å². The molecule has 3 nitrogen and oxygen atoms in total. The fourth-order valence-corrected chi connectivity index (χ4v) is 0.859. The number of carbonyl (C=O) groups is 1. The van der Waals surface area contributed by atoms with Gasteiger partial charge in [0.1, 0.15) is 0 Å². The van der Waals surface area contributed by atoms with E-state index < -0.39 is 23.1 Å². The van der Waals surface area contributed by atoms with Crippen molar-refractivity contribution in [1.29, 1.82) is 0 Å². The van der Waals surface area contributed by atoms with E-state index in [0.29, 0.717) is 0 Å². The number of benzene rings is 1. The lowest BCUT2D eigenvalue weighted by Crippen LogP contribution is -2.21. The van der Waals surface area contributed by atoms with Crippen molar-refractivity contribution in [3.63, 3.8) is 0 Å². The third-order valence-corrected chi connectivity index (χ3v) is 1.43. The van der Waals surface area contributed by atoms with E-state index in [-0.39, 0.29) is 0 Å². The first-order valence-corrected chi connectivity index (χ1v) is 3.58. The zero-order chi connectivity index (χ0) is 9.84. The number of carbonyl (C=O) groups excluding carboxylic acids is 1. The largest absolute Gasteiger partial charge is 0.278 e. The van der Waals surface area contributed by atoms with Crippen molar-refractivity contribution in [3.8, 4) is 0 Å². The van der Waals surface area contributed by atoms with E-state index in [9.17, 15) is 13.6 Å². The molecule has 1 aromatic carbocycles. The Bertz CT molecular complexity index is 332. The summed E-state index contributed by atoms with van der Waals surface area (Å²) in [7, 11) is 0. The number of halogens is 2. The number of hydrogen-bond acceptors (Lipinski definition) is 3. The van der Waals surface area contributed by atoms with Crippen molar-refractivity contribution in [2.24, 2.45) is 0 Å². The van der Waals surface area contributed by atoms with Crippen LogP contribution in [0.2, 0.25) is 0 Å². The highest BCUT2D eigenvalue weighted by Gasteiger charge is 2.14. The summed E-state index contributed by atoms with van der Waals surface area (Å²) in [4.78, 5) is 10.9. The van der Waals surface area contributed by atoms with E-state index in [4.69, 9.17) is 0 Å². The molecule has 1 N–H and O–H groups in total. The van der Waals surface area contributed by atoms with Crippen molar-refractivity contribution < 1.29 is 17.9 Å². The standard InChI is InChI=1S/C7H5F2NO2S/c8-5-3-1-2-4(6(5)9)7(11)10-12-13/h1-3,13H,(H,10,11). The van der Waals surface area contributed by atoms with E-state index in [1.807, 2.05) is 0 Å². The van der Waals surface area contributed by atoms with Crippen molar-refractivity contribution in [2.45, 2.75) is 0 Å². The average Bonchev–Trinajstić information content (AvgIpc) is 2.10. The minimum Gasteiger partial charge on any atom is -0.267 e. The quantitative estimate of drug-likeness (QED) is 0.436. The Kier molecular flexibility index (Phi) is 3.21. The van der Waals surface area contributed by atoms with Gasteiger partial charge in [-0.3, -0.25) is 4.79 Å². The lowest BCUT2D eigenvalue weighted by atomic mass is 10.2. The zero-order valence-corrected chi connectivity index (χ0v) is 7.15. The van der Waals surface area contributed by atoms with Gasteiger partial charge in [0.25, 0.3) is 5.91 Å². The van der Waals surface area contributed by atoms with E-state index in [2.05, 4.69) is 17.2 Å². The molecule has 1 amide bonds. The monoisotopic (exact) mass is 205 g/mol. The zero-order valence-electron chi connectivity index (χ0n) is 6.25. The molecule has 0 aliphatic rings. The highest BCUT2D eigenvalue weighted by Crippen LogP contribution is 2.10. The summed E-state index contributed by atoms with van der Waals surface area (Å²) in [5.74, 6) is -3.20. The maximum atomic E-state index is 12.9. The second kappa shape index (κ2) is 4.20. The molecule has 1 aromatic rings. The van der Waals surface area contributed by atoms with Crippen LogP contribution in [0.3, 0.4) is 0 Å². The molecule has 1 rings (SSSR count). The minimum absolute atomic E-state index is 0.436. The van der Waals surface area contributed by atoms with E-state index in [1.165, 1.54) is 6.07 Å². The summed E-state index contributed by atoms with van der Waals surface area (Å²) in [6.45, 7) is 0. The van der Waals surface area contributed by atoms with Crippen LogP contribution in [0, 0.1) is 11.6 Å². The molecule has 13 heavy (non-hydrogen) atoms. The SMILES string of the molecule is O=C(NOS)c1cccc(F)c1F. The summed E-state index contributed by atoms with van der Waals surface area (Å²) >= 11 is 3.22. The molecule has 70 valence electrons. The molecule has 0 unspecified atom stereocenters. The summed E-state index contributed by atoms with van der Waals surface area (Å²) in [5.41, 5.74) is 1.31. The first-order chi connectivity index (χ1) is 6.16. The topological polar surface area (TPSA) is 38.3 Å². The predicted octanol–water partition coefficient (Wildman–Crippen LogP) is 1.47. The van der Waals surface area contributed by atoms with Crippen molar-refractivity contribution >= 4 is 18.8 Å². The van der Waals surface area contributed by atoms with Crippen molar-refractivity contribution in [2.75, 3.05) is 0 Å². The molecule has 0 fully saturated rings. The first-order valence-electron chi connectivity index (χ1n) is 3.21. The number of thiol groups is 1. The van der Waals surface area contributed by atoms with Crippen LogP contribution in [0.15, 0.2) is 18.2 Å². The van der Waals surface area contributed by atoms with Gasteiger partial charge in [0.2, 0.25) is 0 Å². The van der Waals surface area contributed by atoms with E-state index in [1.54, 1.807) is 5.48 Å². The van der Waals surface area contributed by atoms with Gasteiger partial charge in [0.15, 0.2) is 11.6 Å². The first kappa shape index (κ1) is 9.94. The molecule has 0 aromatic heterocycles. The van der Waals surface area contributed by atoms with E-state index >= 15 is 0 Å². The normalized spacial score (nSPS) is 9.77. The molecule has 0 saturated heterocycles. The highest BCUT2D eigenvalue weighted by molar-refractivity contribution is 7.75. The molecule has 0 bridgehead atoms. The minimum atomic E-state index is -1.22. The molecular formula is C7H5F2NO2S. The lowest BCUT2D eigenvalue weighted by molar-refractivity contribution is 0.0797. The number of nitrogens with one attached hydrogen (secondary N) is 1. The molecule has 0 saturated carbocycles. The second-order valence-corrected chi connectivity index (χ2v) is 2.31. The van der Waals surface area contributed by atoms with Gasteiger partial charge in [0, 0.05) is 12.9 Å². The molecule has 0 spiro atoms. The third-order valence-electron chi connectivity index (χ3n) is 1.33. The maximum absolute atomic E-state index is 12.9. The van der Waals surface area contributed by atoms with Crippen LogP contribution < -0.4 is 5.48 Å². The van der Waals surface area contributed by atoms with Crippen LogP contribution >= 0.6 is 12.9 Å². The Morgan fingerprint density at radius 2 is 2.15 bits per heavy atom. The van der Waals surface area contributed by atoms with Gasteiger partial charge in [-0.1, -0.05) is 6.07 Å². The van der Waals surface area contributed by atoms with E-state index in [0.717, 1.165) is 12.1 Å². The predicted molar refractivity (Wildman–Crippen MR) is 43.9 cm³/mol. The fraction of sp³-hybridized carbons (Fsp3) is 0.